The normalized spacial score (nSPS) is 9.88. The van der Waals surface area contributed by atoms with E-state index in [-0.39, 0.29) is 162 Å². The third-order valence-corrected chi connectivity index (χ3v) is 6.01. The van der Waals surface area contributed by atoms with Crippen LogP contribution in [0.2, 0.25) is 0 Å². The van der Waals surface area contributed by atoms with Gasteiger partial charge >= 0.3 is 0 Å². The lowest BCUT2D eigenvalue weighted by Gasteiger charge is -2.04. The van der Waals surface area contributed by atoms with Crippen LogP contribution in [-0.2, 0) is 109 Å². The van der Waals surface area contributed by atoms with E-state index in [1.807, 2.05) is 0 Å². The summed E-state index contributed by atoms with van der Waals surface area (Å²) in [5, 5.41) is 0. The Labute approximate surface area is 503 Å². The molecular formula is C42H124N20O23. The molecule has 0 saturated carbocycles. The molecule has 85 heavy (non-hydrogen) atoms. The minimum absolute atomic E-state index is 0.111. The molecule has 43 nitrogen and oxygen atoms in total. The molecule has 0 aliphatic rings. The molecule has 0 aliphatic heterocycles. The number of hydrogen-bond acceptors (Lipinski definition) is 43. The molecular weight excluding hydrogens is 1150 g/mol. The van der Waals surface area contributed by atoms with E-state index in [1.165, 1.54) is 0 Å². The van der Waals surface area contributed by atoms with Crippen LogP contribution in [0.15, 0.2) is 0 Å². The summed E-state index contributed by atoms with van der Waals surface area (Å²) in [6, 6.07) is 0. The zero-order valence-electron chi connectivity index (χ0n) is 50.6. The van der Waals surface area contributed by atoms with E-state index in [4.69, 9.17) is 157 Å². The van der Waals surface area contributed by atoms with Gasteiger partial charge in [0.15, 0.2) is 34.0 Å². The van der Waals surface area contributed by atoms with Gasteiger partial charge in [-0.15, -0.1) is 0 Å². The number of ether oxygens (including phenoxy) is 23. The molecule has 0 heterocycles. The summed E-state index contributed by atoms with van der Waals surface area (Å²) in [5.74, 6) is 0. The lowest BCUT2D eigenvalue weighted by atomic mass is 10.7. The average Bonchev–Trinajstić information content (AvgIpc) is 3.52. The van der Waals surface area contributed by atoms with E-state index in [0.717, 1.165) is 0 Å². The van der Waals surface area contributed by atoms with Gasteiger partial charge in [0.05, 0.1) is 174 Å². The summed E-state index contributed by atoms with van der Waals surface area (Å²) < 4.78 is 109. The SMILES string of the molecule is NCCOCCOCCN.NCCOCCOCCN.NCCOCCOCCN.NCOCOCN.NCOCOCN.NCOCOCN.NCOCOCN.NCOCOCN.NCOCOCOCN.NCOCOCOCOCN. The van der Waals surface area contributed by atoms with Crippen molar-refractivity contribution in [2.45, 2.75) is 0 Å². The summed E-state index contributed by atoms with van der Waals surface area (Å²) >= 11 is 0. The van der Waals surface area contributed by atoms with Gasteiger partial charge in [0.2, 0.25) is 0 Å². The Hall–Kier alpha value is -1.72. The molecule has 0 aromatic rings. The summed E-state index contributed by atoms with van der Waals surface area (Å²) in [4.78, 5) is 0. The van der Waals surface area contributed by atoms with E-state index < -0.39 is 0 Å². The first-order valence-corrected chi connectivity index (χ1v) is 25.9. The Morgan fingerprint density at radius 2 is 0.200 bits per heavy atom. The van der Waals surface area contributed by atoms with Crippen LogP contribution in [0.4, 0.5) is 0 Å². The van der Waals surface area contributed by atoms with Crippen LogP contribution in [0, 0.1) is 0 Å². The van der Waals surface area contributed by atoms with Gasteiger partial charge in [-0.05, 0) is 0 Å². The molecule has 40 N–H and O–H groups in total. The lowest BCUT2D eigenvalue weighted by molar-refractivity contribution is -0.168. The molecule has 0 aromatic heterocycles. The number of hydrogen-bond donors (Lipinski definition) is 20. The fraction of sp³-hybridized carbons (Fsp3) is 1.00. The molecule has 0 spiro atoms. The van der Waals surface area contributed by atoms with Gasteiger partial charge in [-0.2, -0.15) is 0 Å². The molecule has 0 bridgehead atoms. The minimum atomic E-state index is 0.111. The molecule has 0 aliphatic carbocycles. The van der Waals surface area contributed by atoms with Crippen LogP contribution in [0.1, 0.15) is 0 Å². The molecule has 0 saturated heterocycles. The summed E-state index contributed by atoms with van der Waals surface area (Å²) in [7, 11) is 0. The van der Waals surface area contributed by atoms with Crippen LogP contribution in [0.25, 0.3) is 0 Å². The van der Waals surface area contributed by atoms with Crippen LogP contribution < -0.4 is 115 Å². The fourth-order valence-corrected chi connectivity index (χ4v) is 2.83. The standard InChI is InChI=1S/3C6H16N2O2.C5H14N2O4.C4H12N2O3.5C3H10N2O2/c3*7-1-3-9-5-6-10-4-2-8;6-1-8-3-10-5-11-4-9-2-7;5-1-7-3-9-4-8-2-6;5*4-1-6-3-7-2-5/h3*1-8H2;1-7H2;1-6H2;5*1-5H2. The van der Waals surface area contributed by atoms with Crippen LogP contribution in [0.3, 0.4) is 0 Å². The second-order valence-corrected chi connectivity index (χ2v) is 12.4. The molecule has 0 rings (SSSR count). The zero-order chi connectivity index (χ0) is 66.0. The second-order valence-electron chi connectivity index (χ2n) is 12.4. The highest BCUT2D eigenvalue weighted by Gasteiger charge is 1.90. The Morgan fingerprint density at radius 3 is 0.294 bits per heavy atom. The first-order chi connectivity index (χ1) is 41.6. The Kier molecular flexibility index (Phi) is 168. The minimum Gasteiger partial charge on any atom is -0.378 e. The predicted molar refractivity (Wildman–Crippen MR) is 313 cm³/mol. The summed E-state index contributed by atoms with van der Waals surface area (Å²) in [6.45, 7) is 14.7. The smallest absolute Gasteiger partial charge is 0.152 e. The molecule has 0 fully saturated rings. The van der Waals surface area contributed by atoms with E-state index in [2.05, 4.69) is 66.3 Å². The van der Waals surface area contributed by atoms with E-state index >= 15 is 0 Å². The summed E-state index contributed by atoms with van der Waals surface area (Å²) in [5.41, 5.74) is 100. The van der Waals surface area contributed by atoms with E-state index in [1.54, 1.807) is 0 Å². The highest BCUT2D eigenvalue weighted by Crippen LogP contribution is 1.81. The monoisotopic (exact) mass is 1280 g/mol. The second kappa shape index (κ2) is 136. The van der Waals surface area contributed by atoms with Gasteiger partial charge in [0.25, 0.3) is 0 Å². The molecule has 0 aromatic carbocycles. The zero-order valence-corrected chi connectivity index (χ0v) is 50.6. The van der Waals surface area contributed by atoms with Gasteiger partial charge in [-0.1, -0.05) is 0 Å². The largest absolute Gasteiger partial charge is 0.378 e. The Morgan fingerprint density at radius 1 is 0.106 bits per heavy atom. The number of nitrogens with two attached hydrogens (primary N) is 20. The predicted octanol–water partition coefficient (Wildman–Crippen LogP) is -11.6. The van der Waals surface area contributed by atoms with Crippen molar-refractivity contribution in [1.29, 1.82) is 0 Å². The fourth-order valence-electron chi connectivity index (χ4n) is 2.83. The highest BCUT2D eigenvalue weighted by atomic mass is 16.8. The van der Waals surface area contributed by atoms with Crippen LogP contribution in [-0.4, -0.2) is 281 Å². The van der Waals surface area contributed by atoms with Crippen molar-refractivity contribution in [3.63, 3.8) is 0 Å². The Bertz CT molecular complexity index is 757. The van der Waals surface area contributed by atoms with Crippen molar-refractivity contribution in [1.82, 2.24) is 0 Å². The van der Waals surface area contributed by atoms with Gasteiger partial charge in [0.1, 0.15) is 34.0 Å². The van der Waals surface area contributed by atoms with Gasteiger partial charge < -0.3 is 224 Å². The molecule has 0 unspecified atom stereocenters. The highest BCUT2D eigenvalue weighted by molar-refractivity contribution is 4.36. The van der Waals surface area contributed by atoms with Gasteiger partial charge in [0, 0.05) is 39.3 Å². The number of rotatable bonds is 55. The molecule has 530 valence electrons. The molecule has 43 heteroatoms. The van der Waals surface area contributed by atoms with Gasteiger partial charge in [-0.25, -0.2) is 0 Å². The summed E-state index contributed by atoms with van der Waals surface area (Å²) in [6.07, 6.45) is 0. The first-order valence-electron chi connectivity index (χ1n) is 25.9. The maximum absolute atomic E-state index is 5.18. The van der Waals surface area contributed by atoms with Crippen molar-refractivity contribution >= 4 is 0 Å². The average molecular weight is 1280 g/mol. The van der Waals surface area contributed by atoms with Crippen LogP contribution in [0.5, 0.6) is 0 Å². The van der Waals surface area contributed by atoms with Crippen molar-refractivity contribution in [3.05, 3.63) is 0 Å². The van der Waals surface area contributed by atoms with Crippen molar-refractivity contribution in [2.24, 2.45) is 115 Å². The van der Waals surface area contributed by atoms with E-state index in [9.17, 15) is 0 Å². The molecule has 0 amide bonds. The molecule has 0 radical (unpaired) electrons. The third kappa shape index (κ3) is 187. The first kappa shape index (κ1) is 105. The van der Waals surface area contributed by atoms with Gasteiger partial charge in [-0.3, -0.25) is 0 Å². The van der Waals surface area contributed by atoms with E-state index in [0.29, 0.717) is 119 Å². The quantitative estimate of drug-likeness (QED) is 0.0199. The topological polar surface area (TPSA) is 733 Å². The third-order valence-electron chi connectivity index (χ3n) is 6.01. The maximum Gasteiger partial charge on any atom is 0.152 e. The van der Waals surface area contributed by atoms with Crippen molar-refractivity contribution < 1.29 is 109 Å². The van der Waals surface area contributed by atoms with Crippen molar-refractivity contribution in [2.75, 3.05) is 281 Å². The maximum atomic E-state index is 5.18. The van der Waals surface area contributed by atoms with Crippen LogP contribution >= 0.6 is 0 Å². The lowest BCUT2D eigenvalue weighted by Crippen LogP contribution is -2.14. The van der Waals surface area contributed by atoms with Crippen molar-refractivity contribution in [3.8, 4) is 0 Å². The molecule has 0 atom stereocenters. The Balaban J connectivity index is -0.0000000923.